The van der Waals surface area contributed by atoms with Gasteiger partial charge in [-0.2, -0.15) is 4.68 Å². The fraction of sp³-hybridized carbons (Fsp3) is 0.200. The maximum atomic E-state index is 12.3. The molecule has 0 aliphatic rings. The third-order valence-electron chi connectivity index (χ3n) is 3.70. The van der Waals surface area contributed by atoms with Crippen molar-refractivity contribution in [2.75, 3.05) is 0 Å². The van der Waals surface area contributed by atoms with Crippen LogP contribution in [-0.2, 0) is 20.6 Å². The molecule has 0 saturated carbocycles. The molecule has 0 radical (unpaired) electrons. The first-order valence-electron chi connectivity index (χ1n) is 7.37. The second kappa shape index (κ2) is 6.51. The smallest absolute Gasteiger partial charge is 0.331 e. The Kier molecular flexibility index (Phi) is 4.25. The summed E-state index contributed by atoms with van der Waals surface area (Å²) in [5.41, 5.74) is -0.418. The van der Waals surface area contributed by atoms with Crippen LogP contribution < -0.4 is 16.6 Å². The number of nitrogens with zero attached hydrogens (tertiary/aromatic N) is 6. The molecule has 2 heterocycles. The summed E-state index contributed by atoms with van der Waals surface area (Å²) >= 11 is 0. The standard InChI is InChI=1S/C15H15N7O3/c1-20-11(8-13(23)21(2)15(20)25)14(24)16-9-12-17-18-19-22(12)10-6-4-3-5-7-10/h3-8H,9H2,1-2H3,(H,16,24). The van der Waals surface area contributed by atoms with Crippen LogP contribution in [0.25, 0.3) is 5.69 Å². The van der Waals surface area contributed by atoms with Crippen molar-refractivity contribution >= 4 is 5.91 Å². The fourth-order valence-electron chi connectivity index (χ4n) is 2.29. The van der Waals surface area contributed by atoms with E-state index >= 15 is 0 Å². The molecule has 0 fully saturated rings. The predicted molar refractivity (Wildman–Crippen MR) is 87.2 cm³/mol. The number of aromatic nitrogens is 6. The van der Waals surface area contributed by atoms with Crippen LogP contribution in [0.2, 0.25) is 0 Å². The molecule has 0 unspecified atom stereocenters. The van der Waals surface area contributed by atoms with Gasteiger partial charge in [-0.25, -0.2) is 4.79 Å². The van der Waals surface area contributed by atoms with Gasteiger partial charge in [0.25, 0.3) is 11.5 Å². The minimum Gasteiger partial charge on any atom is -0.343 e. The predicted octanol–water partition coefficient (Wildman–Crippen LogP) is -1.01. The molecule has 1 amide bonds. The van der Waals surface area contributed by atoms with Crippen LogP contribution in [0, 0.1) is 0 Å². The van der Waals surface area contributed by atoms with Gasteiger partial charge in [0, 0.05) is 20.2 Å². The molecule has 0 aliphatic carbocycles. The normalized spacial score (nSPS) is 10.6. The van der Waals surface area contributed by atoms with E-state index in [-0.39, 0.29) is 12.2 Å². The topological polar surface area (TPSA) is 117 Å². The first kappa shape index (κ1) is 16.3. The van der Waals surface area contributed by atoms with E-state index in [2.05, 4.69) is 20.8 Å². The van der Waals surface area contributed by atoms with Gasteiger partial charge in [-0.3, -0.25) is 18.7 Å². The molecular weight excluding hydrogens is 326 g/mol. The number of para-hydroxylation sites is 1. The molecule has 0 atom stereocenters. The van der Waals surface area contributed by atoms with Crippen molar-refractivity contribution in [1.29, 1.82) is 0 Å². The monoisotopic (exact) mass is 341 g/mol. The summed E-state index contributed by atoms with van der Waals surface area (Å²) in [5, 5.41) is 14.0. The first-order chi connectivity index (χ1) is 12.0. The number of nitrogens with one attached hydrogen (secondary N) is 1. The molecule has 3 aromatic rings. The quantitative estimate of drug-likeness (QED) is 0.650. The third kappa shape index (κ3) is 3.09. The number of amides is 1. The van der Waals surface area contributed by atoms with Crippen molar-refractivity contribution in [3.63, 3.8) is 0 Å². The molecule has 2 aromatic heterocycles. The highest BCUT2D eigenvalue weighted by atomic mass is 16.2. The van der Waals surface area contributed by atoms with Crippen molar-refractivity contribution < 1.29 is 4.79 Å². The SMILES string of the molecule is Cn1c(C(=O)NCc2nnnn2-c2ccccc2)cc(=O)n(C)c1=O. The Hall–Kier alpha value is -3.56. The summed E-state index contributed by atoms with van der Waals surface area (Å²) in [6, 6.07) is 10.3. The maximum absolute atomic E-state index is 12.3. The van der Waals surface area contributed by atoms with Crippen LogP contribution in [0.3, 0.4) is 0 Å². The van der Waals surface area contributed by atoms with Crippen LogP contribution in [-0.4, -0.2) is 35.2 Å². The van der Waals surface area contributed by atoms with Gasteiger partial charge >= 0.3 is 5.69 Å². The minimum atomic E-state index is -0.577. The van der Waals surface area contributed by atoms with Crippen molar-refractivity contribution in [2.45, 2.75) is 6.54 Å². The zero-order valence-electron chi connectivity index (χ0n) is 13.6. The second-order valence-corrected chi connectivity index (χ2v) is 5.29. The van der Waals surface area contributed by atoms with Crippen LogP contribution in [0.4, 0.5) is 0 Å². The molecule has 0 bridgehead atoms. The molecular formula is C15H15N7O3. The van der Waals surface area contributed by atoms with Crippen LogP contribution in [0.15, 0.2) is 46.0 Å². The van der Waals surface area contributed by atoms with E-state index in [4.69, 9.17) is 0 Å². The lowest BCUT2D eigenvalue weighted by atomic mass is 10.3. The lowest BCUT2D eigenvalue weighted by Crippen LogP contribution is -2.41. The van der Waals surface area contributed by atoms with Gasteiger partial charge in [-0.15, -0.1) is 5.10 Å². The van der Waals surface area contributed by atoms with Crippen molar-refractivity contribution in [3.05, 3.63) is 68.8 Å². The highest BCUT2D eigenvalue weighted by Gasteiger charge is 2.15. The van der Waals surface area contributed by atoms with Gasteiger partial charge in [0.1, 0.15) is 5.69 Å². The summed E-state index contributed by atoms with van der Waals surface area (Å²) in [4.78, 5) is 35.9. The van der Waals surface area contributed by atoms with Crippen LogP contribution >= 0.6 is 0 Å². The van der Waals surface area contributed by atoms with E-state index in [1.165, 1.54) is 18.8 Å². The zero-order chi connectivity index (χ0) is 18.0. The number of hydrogen-bond acceptors (Lipinski definition) is 6. The van der Waals surface area contributed by atoms with Gasteiger partial charge in [0.15, 0.2) is 5.82 Å². The Morgan fingerprint density at radius 1 is 1.12 bits per heavy atom. The van der Waals surface area contributed by atoms with E-state index in [0.717, 1.165) is 20.9 Å². The van der Waals surface area contributed by atoms with Crippen molar-refractivity contribution in [1.82, 2.24) is 34.7 Å². The fourth-order valence-corrected chi connectivity index (χ4v) is 2.29. The number of benzene rings is 1. The summed E-state index contributed by atoms with van der Waals surface area (Å²) in [5.74, 6) is -0.159. The van der Waals surface area contributed by atoms with E-state index in [0.29, 0.717) is 5.82 Å². The van der Waals surface area contributed by atoms with E-state index in [1.807, 2.05) is 30.3 Å². The Balaban J connectivity index is 1.82. The summed E-state index contributed by atoms with van der Waals surface area (Å²) in [7, 11) is 2.77. The molecule has 10 nitrogen and oxygen atoms in total. The Morgan fingerprint density at radius 3 is 2.56 bits per heavy atom. The molecule has 0 aliphatic heterocycles. The largest absolute Gasteiger partial charge is 0.343 e. The van der Waals surface area contributed by atoms with Gasteiger partial charge in [-0.1, -0.05) is 18.2 Å². The number of carbonyl (C=O) groups is 1. The average Bonchev–Trinajstić information content (AvgIpc) is 3.10. The van der Waals surface area contributed by atoms with Gasteiger partial charge in [0.2, 0.25) is 0 Å². The first-order valence-corrected chi connectivity index (χ1v) is 7.37. The summed E-state index contributed by atoms with van der Waals surface area (Å²) in [6.45, 7) is 0.0319. The number of rotatable bonds is 4. The molecule has 0 spiro atoms. The molecule has 3 rings (SSSR count). The Morgan fingerprint density at radius 2 is 1.84 bits per heavy atom. The van der Waals surface area contributed by atoms with Gasteiger partial charge < -0.3 is 5.32 Å². The zero-order valence-corrected chi connectivity index (χ0v) is 13.6. The molecule has 1 aromatic carbocycles. The molecule has 0 saturated heterocycles. The highest BCUT2D eigenvalue weighted by molar-refractivity contribution is 5.92. The molecule has 25 heavy (non-hydrogen) atoms. The van der Waals surface area contributed by atoms with Gasteiger partial charge in [-0.05, 0) is 22.6 Å². The third-order valence-corrected chi connectivity index (χ3v) is 3.70. The Labute approximate surface area is 141 Å². The van der Waals surface area contributed by atoms with Crippen molar-refractivity contribution in [3.8, 4) is 5.69 Å². The van der Waals surface area contributed by atoms with E-state index in [1.54, 1.807) is 0 Å². The Bertz CT molecular complexity index is 1030. The van der Waals surface area contributed by atoms with Crippen molar-refractivity contribution in [2.24, 2.45) is 14.1 Å². The lowest BCUT2D eigenvalue weighted by molar-refractivity contribution is 0.0939. The number of tetrazole rings is 1. The van der Waals surface area contributed by atoms with Crippen LogP contribution in [0.5, 0.6) is 0 Å². The average molecular weight is 341 g/mol. The minimum absolute atomic E-state index is 0.0319. The number of carbonyl (C=O) groups excluding carboxylic acids is 1. The maximum Gasteiger partial charge on any atom is 0.331 e. The highest BCUT2D eigenvalue weighted by Crippen LogP contribution is 2.06. The lowest BCUT2D eigenvalue weighted by Gasteiger charge is -2.10. The van der Waals surface area contributed by atoms with E-state index in [9.17, 15) is 14.4 Å². The molecule has 128 valence electrons. The van der Waals surface area contributed by atoms with Gasteiger partial charge in [0.05, 0.1) is 12.2 Å². The summed E-state index contributed by atoms with van der Waals surface area (Å²) in [6.07, 6.45) is 0. The number of hydrogen-bond donors (Lipinski definition) is 1. The summed E-state index contributed by atoms with van der Waals surface area (Å²) < 4.78 is 3.52. The second-order valence-electron chi connectivity index (χ2n) is 5.29. The van der Waals surface area contributed by atoms with Crippen LogP contribution in [0.1, 0.15) is 16.3 Å². The molecule has 10 heteroatoms. The van der Waals surface area contributed by atoms with E-state index < -0.39 is 17.2 Å². The molecule has 1 N–H and O–H groups in total.